The Kier molecular flexibility index (Phi) is 6.47. The van der Waals surface area contributed by atoms with E-state index >= 15 is 0 Å². The summed E-state index contributed by atoms with van der Waals surface area (Å²) in [5.74, 6) is -2.33. The number of carbonyl (C=O) groups excluding carboxylic acids is 2. The van der Waals surface area contributed by atoms with Crippen molar-refractivity contribution in [2.45, 2.75) is 0 Å². The van der Waals surface area contributed by atoms with E-state index in [0.717, 1.165) is 4.47 Å². The van der Waals surface area contributed by atoms with Gasteiger partial charge in [0.05, 0.1) is 0 Å². The van der Waals surface area contributed by atoms with Gasteiger partial charge in [-0.1, -0.05) is 46.3 Å². The van der Waals surface area contributed by atoms with E-state index in [1.807, 2.05) is 6.07 Å². The summed E-state index contributed by atoms with van der Waals surface area (Å²) in [5, 5.41) is 13.5. The maximum Gasteiger partial charge on any atom is 0.322 e. The molecule has 2 aromatic rings. The largest absolute Gasteiger partial charge is 0.480 e. The number of aliphatic carboxylic acids is 1. The van der Waals surface area contributed by atoms with Crippen molar-refractivity contribution in [1.29, 1.82) is 0 Å². The third-order valence-electron chi connectivity index (χ3n) is 3.11. The summed E-state index contributed by atoms with van der Waals surface area (Å²) in [6.07, 6.45) is 1.48. The molecule has 2 rings (SSSR count). The minimum atomic E-state index is -1.17. The van der Waals surface area contributed by atoms with Crippen LogP contribution in [0.3, 0.4) is 0 Å². The number of amides is 2. The van der Waals surface area contributed by atoms with E-state index in [0.29, 0.717) is 11.1 Å². The molecular formula is C18H15BrN2O4. The lowest BCUT2D eigenvalue weighted by Gasteiger charge is -2.10. The second-order valence-corrected chi connectivity index (χ2v) is 5.92. The Morgan fingerprint density at radius 1 is 1.00 bits per heavy atom. The van der Waals surface area contributed by atoms with Crippen molar-refractivity contribution >= 4 is 39.8 Å². The number of carbonyl (C=O) groups is 3. The predicted octanol–water partition coefficient (Wildman–Crippen LogP) is 2.42. The molecule has 0 unspecified atom stereocenters. The summed E-state index contributed by atoms with van der Waals surface area (Å²) in [6, 6.07) is 15.5. The van der Waals surface area contributed by atoms with Gasteiger partial charge in [-0.15, -0.1) is 0 Å². The number of benzene rings is 2. The average Bonchev–Trinajstić information content (AvgIpc) is 2.60. The van der Waals surface area contributed by atoms with Crippen molar-refractivity contribution in [1.82, 2.24) is 10.6 Å². The van der Waals surface area contributed by atoms with Crippen molar-refractivity contribution in [2.75, 3.05) is 6.54 Å². The van der Waals surface area contributed by atoms with Crippen LogP contribution in [-0.2, 0) is 9.59 Å². The van der Waals surface area contributed by atoms with Crippen molar-refractivity contribution in [2.24, 2.45) is 0 Å². The topological polar surface area (TPSA) is 95.5 Å². The number of carboxylic acids is 1. The quantitative estimate of drug-likeness (QED) is 0.646. The number of hydrogen-bond donors (Lipinski definition) is 3. The zero-order chi connectivity index (χ0) is 18.2. The monoisotopic (exact) mass is 402 g/mol. The number of carboxylic acid groups (broad SMARTS) is 1. The molecule has 0 atom stereocenters. The first-order valence-electron chi connectivity index (χ1n) is 7.29. The average molecular weight is 403 g/mol. The number of hydrogen-bond acceptors (Lipinski definition) is 3. The molecule has 7 heteroatoms. The summed E-state index contributed by atoms with van der Waals surface area (Å²) < 4.78 is 0.823. The third kappa shape index (κ3) is 5.89. The standard InChI is InChI=1S/C18H15BrN2O4/c19-14-8-6-13(7-9-14)17(24)21-15(18(25)20-11-16(22)23)10-12-4-2-1-3-5-12/h1-10H,11H2,(H,20,25)(H,21,24)(H,22,23)/b15-10+. The molecule has 25 heavy (non-hydrogen) atoms. The Hall–Kier alpha value is -2.93. The maximum absolute atomic E-state index is 12.3. The molecule has 0 aliphatic carbocycles. The van der Waals surface area contributed by atoms with Crippen LogP contribution in [0.2, 0.25) is 0 Å². The lowest BCUT2D eigenvalue weighted by atomic mass is 10.1. The lowest BCUT2D eigenvalue weighted by Crippen LogP contribution is -2.37. The van der Waals surface area contributed by atoms with Gasteiger partial charge in [0.1, 0.15) is 12.2 Å². The first-order valence-corrected chi connectivity index (χ1v) is 8.08. The molecule has 2 amide bonds. The summed E-state index contributed by atoms with van der Waals surface area (Å²) in [4.78, 5) is 35.2. The van der Waals surface area contributed by atoms with Crippen molar-refractivity contribution in [3.63, 3.8) is 0 Å². The van der Waals surface area contributed by atoms with Crippen molar-refractivity contribution in [3.8, 4) is 0 Å². The van der Waals surface area contributed by atoms with Crippen molar-refractivity contribution in [3.05, 3.63) is 75.9 Å². The smallest absolute Gasteiger partial charge is 0.322 e. The fourth-order valence-electron chi connectivity index (χ4n) is 1.92. The molecule has 6 nitrogen and oxygen atoms in total. The molecule has 0 fully saturated rings. The van der Waals surface area contributed by atoms with Crippen LogP contribution in [0.15, 0.2) is 64.8 Å². The highest BCUT2D eigenvalue weighted by molar-refractivity contribution is 9.10. The summed E-state index contributed by atoms with van der Waals surface area (Å²) in [6.45, 7) is -0.543. The highest BCUT2D eigenvalue weighted by Gasteiger charge is 2.15. The minimum absolute atomic E-state index is 0.0413. The van der Waals surface area contributed by atoms with E-state index in [2.05, 4.69) is 26.6 Å². The highest BCUT2D eigenvalue weighted by atomic mass is 79.9. The Bertz CT molecular complexity index is 802. The summed E-state index contributed by atoms with van der Waals surface area (Å²) in [7, 11) is 0. The SMILES string of the molecule is O=C(O)CNC(=O)/C(=C\c1ccccc1)NC(=O)c1ccc(Br)cc1. The van der Waals surface area contributed by atoms with Gasteiger partial charge < -0.3 is 15.7 Å². The second-order valence-electron chi connectivity index (χ2n) is 5.01. The molecule has 128 valence electrons. The Morgan fingerprint density at radius 3 is 2.24 bits per heavy atom. The van der Waals surface area contributed by atoms with Crippen molar-refractivity contribution < 1.29 is 19.5 Å². The molecule has 0 aromatic heterocycles. The zero-order valence-electron chi connectivity index (χ0n) is 13.0. The van der Waals surface area contributed by atoms with Gasteiger partial charge in [-0.3, -0.25) is 14.4 Å². The van der Waals surface area contributed by atoms with Gasteiger partial charge in [-0.2, -0.15) is 0 Å². The van der Waals surface area contributed by atoms with E-state index in [-0.39, 0.29) is 5.70 Å². The van der Waals surface area contributed by atoms with E-state index in [4.69, 9.17) is 5.11 Å². The van der Waals surface area contributed by atoms with Gasteiger partial charge in [0.25, 0.3) is 11.8 Å². The molecule has 2 aromatic carbocycles. The summed E-state index contributed by atoms with van der Waals surface area (Å²) in [5.41, 5.74) is 1.02. The molecule has 0 bridgehead atoms. The van der Waals surface area contributed by atoms with Crippen LogP contribution >= 0.6 is 15.9 Å². The molecule has 0 radical (unpaired) electrons. The summed E-state index contributed by atoms with van der Waals surface area (Å²) >= 11 is 3.28. The maximum atomic E-state index is 12.3. The fraction of sp³-hybridized carbons (Fsp3) is 0.0556. The molecule has 0 aliphatic rings. The molecule has 0 saturated carbocycles. The number of nitrogens with one attached hydrogen (secondary N) is 2. The van der Waals surface area contributed by atoms with Crippen LogP contribution < -0.4 is 10.6 Å². The van der Waals surface area contributed by atoms with Crippen LogP contribution in [0.1, 0.15) is 15.9 Å². The van der Waals surface area contributed by atoms with Gasteiger partial charge in [0.15, 0.2) is 0 Å². The normalized spacial score (nSPS) is 10.8. The number of rotatable bonds is 6. The van der Waals surface area contributed by atoms with Crippen LogP contribution in [-0.4, -0.2) is 29.4 Å². The van der Waals surface area contributed by atoms with E-state index < -0.39 is 24.3 Å². The van der Waals surface area contributed by atoms with Crippen LogP contribution in [0.25, 0.3) is 6.08 Å². The lowest BCUT2D eigenvalue weighted by molar-refractivity contribution is -0.137. The van der Waals surface area contributed by atoms with E-state index in [1.165, 1.54) is 6.08 Å². The van der Waals surface area contributed by atoms with Gasteiger partial charge in [0, 0.05) is 10.0 Å². The zero-order valence-corrected chi connectivity index (χ0v) is 14.6. The van der Waals surface area contributed by atoms with E-state index in [1.54, 1.807) is 48.5 Å². The molecule has 0 heterocycles. The second kappa shape index (κ2) is 8.79. The van der Waals surface area contributed by atoms with Crippen LogP contribution in [0, 0.1) is 0 Å². The Morgan fingerprint density at radius 2 is 1.64 bits per heavy atom. The number of halogens is 1. The van der Waals surface area contributed by atoms with Gasteiger partial charge in [0.2, 0.25) is 0 Å². The Labute approximate surface area is 152 Å². The first kappa shape index (κ1) is 18.4. The third-order valence-corrected chi connectivity index (χ3v) is 3.64. The molecule has 0 saturated heterocycles. The molecular weight excluding hydrogens is 388 g/mol. The van der Waals surface area contributed by atoms with E-state index in [9.17, 15) is 14.4 Å². The van der Waals surface area contributed by atoms with Gasteiger partial charge >= 0.3 is 5.97 Å². The molecule has 0 aliphatic heterocycles. The molecule has 0 spiro atoms. The minimum Gasteiger partial charge on any atom is -0.480 e. The van der Waals surface area contributed by atoms with Crippen LogP contribution in [0.5, 0.6) is 0 Å². The van der Waals surface area contributed by atoms with Gasteiger partial charge in [-0.05, 0) is 35.9 Å². The Balaban J connectivity index is 2.23. The first-order chi connectivity index (χ1) is 12.0. The predicted molar refractivity (Wildman–Crippen MR) is 96.7 cm³/mol. The highest BCUT2D eigenvalue weighted by Crippen LogP contribution is 2.11. The van der Waals surface area contributed by atoms with Crippen LogP contribution in [0.4, 0.5) is 0 Å². The van der Waals surface area contributed by atoms with Gasteiger partial charge in [-0.25, -0.2) is 0 Å². The molecule has 3 N–H and O–H groups in total. The fourth-order valence-corrected chi connectivity index (χ4v) is 2.19.